The Balaban J connectivity index is 1.22. The predicted molar refractivity (Wildman–Crippen MR) is 199 cm³/mol. The summed E-state index contributed by atoms with van der Waals surface area (Å²) in [6.07, 6.45) is 0.0557. The number of benzene rings is 5. The first-order valence-electron chi connectivity index (χ1n) is 15.2. The molecule has 50 heavy (non-hydrogen) atoms. The number of thioether (sulfide) groups is 1. The maximum Gasteiger partial charge on any atom is 0.280 e. The fourth-order valence-corrected chi connectivity index (χ4v) is 8.36. The lowest BCUT2D eigenvalue weighted by Crippen LogP contribution is -2.36. The Bertz CT molecular complexity index is 2400. The Labute approximate surface area is 301 Å². The van der Waals surface area contributed by atoms with Crippen LogP contribution in [-0.2, 0) is 21.2 Å². The molecule has 1 fully saturated rings. The molecule has 1 atom stereocenters. The van der Waals surface area contributed by atoms with Crippen molar-refractivity contribution in [3.63, 3.8) is 0 Å². The van der Waals surface area contributed by atoms with E-state index in [0.29, 0.717) is 38.2 Å². The van der Waals surface area contributed by atoms with Crippen LogP contribution in [0.4, 0.5) is 17.1 Å². The number of sulfonamides is 1. The largest absolute Gasteiger partial charge is 0.508 e. The Morgan fingerprint density at radius 2 is 1.52 bits per heavy atom. The third-order valence-corrected chi connectivity index (χ3v) is 11.3. The standard InChI is InChI=1S/C36H27Cl2N5O5S2/c37-28-8-5-9-29(38)34(28)40-30-10-3-1-6-23(30)20-32-39-31-11-4-2-7-27(31)35(46)43(32)41-50(47,48)26-18-14-24(15-19-26)42-33(45)21-49-36(42)22-12-16-25(44)17-13-22/h1-19,36,40-41,44H,20-21H2. The molecule has 1 aromatic heterocycles. The number of anilines is 3. The number of nitrogens with zero attached hydrogens (tertiary/aromatic N) is 3. The molecule has 7 rings (SSSR count). The van der Waals surface area contributed by atoms with Gasteiger partial charge in [-0.2, -0.15) is 13.1 Å². The number of hydrogen-bond donors (Lipinski definition) is 3. The second kappa shape index (κ2) is 13.7. The normalized spacial score (nSPS) is 14.6. The maximum atomic E-state index is 13.9. The van der Waals surface area contributed by atoms with Crippen LogP contribution in [0.1, 0.15) is 22.3 Å². The Kier molecular flexibility index (Phi) is 9.19. The number of aromatic hydroxyl groups is 1. The van der Waals surface area contributed by atoms with Crippen molar-refractivity contribution in [2.24, 2.45) is 0 Å². The van der Waals surface area contributed by atoms with Crippen molar-refractivity contribution in [1.82, 2.24) is 9.66 Å². The maximum absolute atomic E-state index is 13.9. The van der Waals surface area contributed by atoms with Gasteiger partial charge in [-0.25, -0.2) is 9.82 Å². The lowest BCUT2D eigenvalue weighted by Gasteiger charge is -2.24. The fourth-order valence-electron chi connectivity index (χ4n) is 5.66. The van der Waals surface area contributed by atoms with E-state index in [9.17, 15) is 23.1 Å². The van der Waals surface area contributed by atoms with Gasteiger partial charge >= 0.3 is 0 Å². The van der Waals surface area contributed by atoms with Gasteiger partial charge in [-0.15, -0.1) is 11.8 Å². The quantitative estimate of drug-likeness (QED) is 0.139. The van der Waals surface area contributed by atoms with E-state index in [4.69, 9.17) is 28.2 Å². The summed E-state index contributed by atoms with van der Waals surface area (Å²) in [4.78, 5) is 35.4. The van der Waals surface area contributed by atoms with Gasteiger partial charge in [-0.3, -0.25) is 14.5 Å². The summed E-state index contributed by atoms with van der Waals surface area (Å²) in [5.74, 6) is 0.373. The smallest absolute Gasteiger partial charge is 0.280 e. The summed E-state index contributed by atoms with van der Waals surface area (Å²) in [7, 11) is -4.33. The summed E-state index contributed by atoms with van der Waals surface area (Å²) in [5.41, 5.74) is 2.96. The molecule has 0 bridgehead atoms. The first-order chi connectivity index (χ1) is 24.1. The number of carbonyl (C=O) groups is 1. The summed E-state index contributed by atoms with van der Waals surface area (Å²) in [6, 6.07) is 31.6. The topological polar surface area (TPSA) is 134 Å². The fraction of sp³-hybridized carbons (Fsp3) is 0.0833. The molecule has 1 aliphatic heterocycles. The van der Waals surface area contributed by atoms with Crippen LogP contribution in [-0.4, -0.2) is 34.8 Å². The van der Waals surface area contributed by atoms with Gasteiger partial charge in [0.1, 0.15) is 16.9 Å². The van der Waals surface area contributed by atoms with Gasteiger partial charge in [0.2, 0.25) is 5.91 Å². The summed E-state index contributed by atoms with van der Waals surface area (Å²) in [5, 5.41) is 13.7. The first kappa shape index (κ1) is 33.5. The number of phenolic OH excluding ortho intramolecular Hbond substituents is 1. The monoisotopic (exact) mass is 743 g/mol. The summed E-state index contributed by atoms with van der Waals surface area (Å²) >= 11 is 14.3. The van der Waals surface area contributed by atoms with E-state index in [2.05, 4.69) is 10.1 Å². The van der Waals surface area contributed by atoms with Gasteiger partial charge in [0, 0.05) is 17.8 Å². The third-order valence-electron chi connectivity index (χ3n) is 8.12. The van der Waals surface area contributed by atoms with Crippen LogP contribution < -0.4 is 20.6 Å². The zero-order chi connectivity index (χ0) is 35.0. The highest BCUT2D eigenvalue weighted by atomic mass is 35.5. The Morgan fingerprint density at radius 3 is 2.26 bits per heavy atom. The molecular formula is C36H27Cl2N5O5S2. The summed E-state index contributed by atoms with van der Waals surface area (Å²) < 4.78 is 28.6. The number of hydrogen-bond acceptors (Lipinski definition) is 8. The lowest BCUT2D eigenvalue weighted by molar-refractivity contribution is -0.115. The molecule has 1 amide bonds. The molecule has 0 spiro atoms. The van der Waals surface area contributed by atoms with Crippen LogP contribution in [0.15, 0.2) is 125 Å². The van der Waals surface area contributed by atoms with Crippen LogP contribution in [0, 0.1) is 0 Å². The molecule has 0 radical (unpaired) electrons. The molecular weight excluding hydrogens is 717 g/mol. The average Bonchev–Trinajstić information content (AvgIpc) is 3.50. The molecule has 0 saturated carbocycles. The third kappa shape index (κ3) is 6.62. The van der Waals surface area contributed by atoms with Crippen LogP contribution in [0.2, 0.25) is 10.0 Å². The van der Waals surface area contributed by atoms with Crippen molar-refractivity contribution in [2.75, 3.05) is 20.8 Å². The number of halogens is 2. The minimum atomic E-state index is -4.33. The SMILES string of the molecule is O=C1CSC(c2ccc(O)cc2)N1c1ccc(S(=O)(=O)Nn2c(Cc3ccccc3Nc3c(Cl)cccc3Cl)nc3ccccc3c2=O)cc1. The number of rotatable bonds is 9. The molecule has 1 saturated heterocycles. The molecule has 10 nitrogen and oxygen atoms in total. The van der Waals surface area contributed by atoms with Gasteiger partial charge in [0.15, 0.2) is 0 Å². The average molecular weight is 745 g/mol. The van der Waals surface area contributed by atoms with E-state index in [-0.39, 0.29) is 45.3 Å². The molecule has 6 aromatic rings. The highest BCUT2D eigenvalue weighted by Gasteiger charge is 2.34. The Morgan fingerprint density at radius 1 is 0.840 bits per heavy atom. The van der Waals surface area contributed by atoms with Crippen LogP contribution in [0.3, 0.4) is 0 Å². The lowest BCUT2D eigenvalue weighted by atomic mass is 10.1. The van der Waals surface area contributed by atoms with Crippen LogP contribution >= 0.6 is 35.0 Å². The predicted octanol–water partition coefficient (Wildman–Crippen LogP) is 7.45. The van der Waals surface area contributed by atoms with E-state index < -0.39 is 15.6 Å². The van der Waals surface area contributed by atoms with Crippen molar-refractivity contribution in [3.05, 3.63) is 153 Å². The summed E-state index contributed by atoms with van der Waals surface area (Å²) in [6.45, 7) is 0. The minimum absolute atomic E-state index is 0.0557. The van der Waals surface area contributed by atoms with Crippen molar-refractivity contribution in [1.29, 1.82) is 0 Å². The van der Waals surface area contributed by atoms with Gasteiger partial charge in [0.25, 0.3) is 15.6 Å². The minimum Gasteiger partial charge on any atom is -0.508 e. The van der Waals surface area contributed by atoms with E-state index in [0.717, 1.165) is 10.2 Å². The number of phenols is 1. The molecule has 0 aliphatic carbocycles. The molecule has 5 aromatic carbocycles. The first-order valence-corrected chi connectivity index (χ1v) is 18.5. The van der Waals surface area contributed by atoms with Gasteiger partial charge < -0.3 is 10.4 Å². The van der Waals surface area contributed by atoms with Crippen LogP contribution in [0.5, 0.6) is 5.75 Å². The van der Waals surface area contributed by atoms with Crippen molar-refractivity contribution in [2.45, 2.75) is 16.7 Å². The number of amides is 1. The molecule has 3 N–H and O–H groups in total. The van der Waals surface area contributed by atoms with Gasteiger partial charge in [-0.05, 0) is 77.9 Å². The number of aromatic nitrogens is 2. The van der Waals surface area contributed by atoms with Crippen molar-refractivity contribution in [3.8, 4) is 5.75 Å². The van der Waals surface area contributed by atoms with Gasteiger partial charge in [-0.1, -0.05) is 71.7 Å². The molecule has 14 heteroatoms. The molecule has 252 valence electrons. The molecule has 1 unspecified atom stereocenters. The zero-order valence-electron chi connectivity index (χ0n) is 26.0. The molecule has 2 heterocycles. The number of fused-ring (bicyclic) bond motifs is 1. The highest BCUT2D eigenvalue weighted by Crippen LogP contribution is 2.42. The van der Waals surface area contributed by atoms with Crippen LogP contribution in [0.25, 0.3) is 10.9 Å². The van der Waals surface area contributed by atoms with Crippen molar-refractivity contribution >= 4 is 78.9 Å². The van der Waals surface area contributed by atoms with E-state index >= 15 is 0 Å². The zero-order valence-corrected chi connectivity index (χ0v) is 29.1. The van der Waals surface area contributed by atoms with Gasteiger partial charge in [0.05, 0.1) is 37.3 Å². The second-order valence-corrected chi connectivity index (χ2v) is 14.9. The number of nitrogens with one attached hydrogen (secondary N) is 2. The highest BCUT2D eigenvalue weighted by molar-refractivity contribution is 8.00. The van der Waals surface area contributed by atoms with E-state index in [1.165, 1.54) is 23.9 Å². The van der Waals surface area contributed by atoms with E-state index in [1.807, 2.05) is 24.3 Å². The van der Waals surface area contributed by atoms with E-state index in [1.54, 1.807) is 83.8 Å². The Hall–Kier alpha value is -5.01. The number of carbonyl (C=O) groups excluding carboxylic acids is 1. The number of para-hydroxylation sites is 3. The van der Waals surface area contributed by atoms with Crippen molar-refractivity contribution < 1.29 is 18.3 Å². The second-order valence-electron chi connectivity index (χ2n) is 11.3. The molecule has 1 aliphatic rings.